The minimum absolute atomic E-state index is 0.576. The van der Waals surface area contributed by atoms with Crippen molar-refractivity contribution < 1.29 is 0 Å². The Balaban J connectivity index is 2.04. The number of hydrogen-bond donors (Lipinski definition) is 1. The molecule has 2 heteroatoms. The second-order valence-corrected chi connectivity index (χ2v) is 6.49. The maximum absolute atomic E-state index is 3.70. The summed E-state index contributed by atoms with van der Waals surface area (Å²) in [6, 6.07) is 1.45. The molecule has 2 nitrogen and oxygen atoms in total. The standard InChI is InChI=1S/C14H30N2/c1-12(2)16(5)10-6-9-15-13-7-8-14(3,4)11-13/h12-13,15H,6-11H2,1-5H3. The van der Waals surface area contributed by atoms with Crippen molar-refractivity contribution in [2.75, 3.05) is 20.1 Å². The van der Waals surface area contributed by atoms with Crippen molar-refractivity contribution in [3.8, 4) is 0 Å². The first-order valence-electron chi connectivity index (χ1n) is 6.84. The number of hydrogen-bond acceptors (Lipinski definition) is 2. The van der Waals surface area contributed by atoms with Crippen LogP contribution in [0.5, 0.6) is 0 Å². The Labute approximate surface area is 102 Å². The van der Waals surface area contributed by atoms with E-state index in [4.69, 9.17) is 0 Å². The summed E-state index contributed by atoms with van der Waals surface area (Å²) in [5.41, 5.74) is 0.576. The third kappa shape index (κ3) is 4.84. The highest BCUT2D eigenvalue weighted by Gasteiger charge is 2.30. The van der Waals surface area contributed by atoms with Gasteiger partial charge in [0.15, 0.2) is 0 Å². The Morgan fingerprint density at radius 1 is 1.38 bits per heavy atom. The van der Waals surface area contributed by atoms with Crippen molar-refractivity contribution in [1.29, 1.82) is 0 Å². The van der Waals surface area contributed by atoms with E-state index in [1.807, 2.05) is 0 Å². The van der Waals surface area contributed by atoms with Crippen LogP contribution < -0.4 is 5.32 Å². The number of nitrogens with one attached hydrogen (secondary N) is 1. The van der Waals surface area contributed by atoms with Crippen LogP contribution in [0.2, 0.25) is 0 Å². The van der Waals surface area contributed by atoms with Crippen LogP contribution in [-0.4, -0.2) is 37.1 Å². The second-order valence-electron chi connectivity index (χ2n) is 6.49. The van der Waals surface area contributed by atoms with Gasteiger partial charge in [0.05, 0.1) is 0 Å². The molecule has 1 fully saturated rings. The molecule has 16 heavy (non-hydrogen) atoms. The molecule has 0 heterocycles. The molecule has 0 bridgehead atoms. The summed E-state index contributed by atoms with van der Waals surface area (Å²) in [6.07, 6.45) is 5.38. The second kappa shape index (κ2) is 6.02. The molecule has 0 radical (unpaired) electrons. The first-order valence-corrected chi connectivity index (χ1v) is 6.84. The zero-order chi connectivity index (χ0) is 12.2. The van der Waals surface area contributed by atoms with Gasteiger partial charge >= 0.3 is 0 Å². The van der Waals surface area contributed by atoms with Gasteiger partial charge in [-0.05, 0) is 65.1 Å². The summed E-state index contributed by atoms with van der Waals surface area (Å²) < 4.78 is 0. The molecule has 96 valence electrons. The van der Waals surface area contributed by atoms with Gasteiger partial charge in [-0.15, -0.1) is 0 Å². The highest BCUT2D eigenvalue weighted by molar-refractivity contribution is 4.86. The smallest absolute Gasteiger partial charge is 0.00723 e. The maximum atomic E-state index is 3.70. The number of nitrogens with zero attached hydrogens (tertiary/aromatic N) is 1. The topological polar surface area (TPSA) is 15.3 Å². The van der Waals surface area contributed by atoms with E-state index in [1.54, 1.807) is 0 Å². The van der Waals surface area contributed by atoms with Crippen LogP contribution in [0.15, 0.2) is 0 Å². The molecule has 0 amide bonds. The summed E-state index contributed by atoms with van der Waals surface area (Å²) in [4.78, 5) is 2.42. The Morgan fingerprint density at radius 2 is 2.06 bits per heavy atom. The van der Waals surface area contributed by atoms with Gasteiger partial charge in [0.25, 0.3) is 0 Å². The fourth-order valence-corrected chi connectivity index (χ4v) is 2.50. The van der Waals surface area contributed by atoms with Crippen molar-refractivity contribution in [2.45, 2.75) is 65.5 Å². The van der Waals surface area contributed by atoms with E-state index in [0.29, 0.717) is 11.5 Å². The van der Waals surface area contributed by atoms with Crippen molar-refractivity contribution in [3.05, 3.63) is 0 Å². The van der Waals surface area contributed by atoms with Crippen molar-refractivity contribution in [3.63, 3.8) is 0 Å². The summed E-state index contributed by atoms with van der Waals surface area (Å²) >= 11 is 0. The van der Waals surface area contributed by atoms with Crippen molar-refractivity contribution >= 4 is 0 Å². The van der Waals surface area contributed by atoms with Crippen molar-refractivity contribution in [2.24, 2.45) is 5.41 Å². The first-order chi connectivity index (χ1) is 7.41. The monoisotopic (exact) mass is 226 g/mol. The Bertz CT molecular complexity index is 199. The van der Waals surface area contributed by atoms with Crippen LogP contribution in [0.3, 0.4) is 0 Å². The minimum Gasteiger partial charge on any atom is -0.314 e. The van der Waals surface area contributed by atoms with Gasteiger partial charge in [-0.2, -0.15) is 0 Å². The lowest BCUT2D eigenvalue weighted by Gasteiger charge is -2.22. The SMILES string of the molecule is CC(C)N(C)CCCNC1CCC(C)(C)C1. The third-order valence-electron chi connectivity index (χ3n) is 3.97. The average Bonchev–Trinajstić information content (AvgIpc) is 2.52. The van der Waals surface area contributed by atoms with E-state index >= 15 is 0 Å². The van der Waals surface area contributed by atoms with E-state index in [2.05, 4.69) is 45.0 Å². The molecular formula is C14H30N2. The van der Waals surface area contributed by atoms with E-state index in [0.717, 1.165) is 6.04 Å². The van der Waals surface area contributed by atoms with E-state index in [1.165, 1.54) is 38.8 Å². The molecule has 0 aromatic heterocycles. The van der Waals surface area contributed by atoms with E-state index in [9.17, 15) is 0 Å². The molecule has 1 saturated carbocycles. The quantitative estimate of drug-likeness (QED) is 0.701. The predicted octanol–water partition coefficient (Wildman–Crippen LogP) is 2.89. The van der Waals surface area contributed by atoms with Gasteiger partial charge in [0.2, 0.25) is 0 Å². The molecule has 1 rings (SSSR count). The molecule has 0 spiro atoms. The highest BCUT2D eigenvalue weighted by Crippen LogP contribution is 2.36. The molecule has 1 aliphatic carbocycles. The summed E-state index contributed by atoms with van der Waals surface area (Å²) in [5, 5.41) is 3.70. The zero-order valence-electron chi connectivity index (χ0n) is 11.8. The van der Waals surface area contributed by atoms with Gasteiger partial charge < -0.3 is 10.2 Å². The molecule has 1 unspecified atom stereocenters. The molecule has 0 aromatic carbocycles. The molecule has 0 aromatic rings. The largest absolute Gasteiger partial charge is 0.314 e. The lowest BCUT2D eigenvalue weighted by molar-refractivity contribution is 0.267. The Hall–Kier alpha value is -0.0800. The van der Waals surface area contributed by atoms with Gasteiger partial charge in [0.1, 0.15) is 0 Å². The Morgan fingerprint density at radius 3 is 2.56 bits per heavy atom. The number of rotatable bonds is 6. The van der Waals surface area contributed by atoms with Crippen molar-refractivity contribution in [1.82, 2.24) is 10.2 Å². The van der Waals surface area contributed by atoms with Crippen LogP contribution >= 0.6 is 0 Å². The van der Waals surface area contributed by atoms with Crippen LogP contribution in [0, 0.1) is 5.41 Å². The first kappa shape index (κ1) is 14.0. The molecule has 1 N–H and O–H groups in total. The zero-order valence-corrected chi connectivity index (χ0v) is 11.8. The lowest BCUT2D eigenvalue weighted by atomic mass is 9.92. The van der Waals surface area contributed by atoms with Gasteiger partial charge in [-0.3, -0.25) is 0 Å². The summed E-state index contributed by atoms with van der Waals surface area (Å²) in [7, 11) is 2.21. The molecular weight excluding hydrogens is 196 g/mol. The van der Waals surface area contributed by atoms with Gasteiger partial charge in [0, 0.05) is 12.1 Å². The van der Waals surface area contributed by atoms with E-state index in [-0.39, 0.29) is 0 Å². The van der Waals surface area contributed by atoms with Crippen LogP contribution in [0.25, 0.3) is 0 Å². The fourth-order valence-electron chi connectivity index (χ4n) is 2.50. The third-order valence-corrected chi connectivity index (χ3v) is 3.97. The molecule has 1 aliphatic rings. The van der Waals surface area contributed by atoms with Crippen LogP contribution in [-0.2, 0) is 0 Å². The van der Waals surface area contributed by atoms with Gasteiger partial charge in [-0.1, -0.05) is 13.8 Å². The Kier molecular flexibility index (Phi) is 5.26. The van der Waals surface area contributed by atoms with Crippen LogP contribution in [0.1, 0.15) is 53.4 Å². The van der Waals surface area contributed by atoms with Crippen LogP contribution in [0.4, 0.5) is 0 Å². The highest BCUT2D eigenvalue weighted by atomic mass is 15.1. The molecule has 0 saturated heterocycles. The lowest BCUT2D eigenvalue weighted by Crippen LogP contribution is -2.32. The summed E-state index contributed by atoms with van der Waals surface area (Å²) in [6.45, 7) is 11.7. The average molecular weight is 226 g/mol. The fraction of sp³-hybridized carbons (Fsp3) is 1.00. The minimum atomic E-state index is 0.576. The molecule has 1 atom stereocenters. The van der Waals surface area contributed by atoms with Gasteiger partial charge in [-0.25, -0.2) is 0 Å². The predicted molar refractivity (Wildman–Crippen MR) is 71.8 cm³/mol. The summed E-state index contributed by atoms with van der Waals surface area (Å²) in [5.74, 6) is 0. The molecule has 0 aliphatic heterocycles. The van der Waals surface area contributed by atoms with E-state index < -0.39 is 0 Å². The normalized spacial score (nSPS) is 24.6. The maximum Gasteiger partial charge on any atom is 0.00723 e.